The van der Waals surface area contributed by atoms with Gasteiger partial charge in [0.15, 0.2) is 0 Å². The Morgan fingerprint density at radius 2 is 2.00 bits per heavy atom. The number of hydrogen-bond donors (Lipinski definition) is 2. The Morgan fingerprint density at radius 1 is 1.25 bits per heavy atom. The normalized spacial score (nSPS) is 17.9. The quantitative estimate of drug-likeness (QED) is 0.816. The predicted molar refractivity (Wildman–Crippen MR) is 95.5 cm³/mol. The molecular formula is C19H28N4O. The summed E-state index contributed by atoms with van der Waals surface area (Å²) in [6.07, 6.45) is 5.81. The lowest BCUT2D eigenvalue weighted by molar-refractivity contribution is 0.0891. The maximum absolute atomic E-state index is 10.3. The summed E-state index contributed by atoms with van der Waals surface area (Å²) in [6, 6.07) is 9.95. The van der Waals surface area contributed by atoms with Gasteiger partial charge in [0.2, 0.25) is 0 Å². The van der Waals surface area contributed by atoms with Gasteiger partial charge in [0, 0.05) is 26.0 Å². The van der Waals surface area contributed by atoms with Crippen molar-refractivity contribution >= 4 is 0 Å². The molecule has 5 nitrogen and oxygen atoms in total. The third-order valence-electron chi connectivity index (χ3n) is 4.96. The van der Waals surface area contributed by atoms with Gasteiger partial charge in [0.1, 0.15) is 5.82 Å². The van der Waals surface area contributed by atoms with Crippen molar-refractivity contribution in [3.05, 3.63) is 54.1 Å². The van der Waals surface area contributed by atoms with Crippen LogP contribution in [0.25, 0.3) is 0 Å². The molecule has 0 amide bonds. The van der Waals surface area contributed by atoms with Crippen LogP contribution in [0, 0.1) is 5.92 Å². The Hall–Kier alpha value is -1.69. The van der Waals surface area contributed by atoms with Gasteiger partial charge in [-0.05, 0) is 44.0 Å². The van der Waals surface area contributed by atoms with Gasteiger partial charge in [-0.15, -0.1) is 0 Å². The molecule has 0 saturated carbocycles. The van der Waals surface area contributed by atoms with E-state index in [-0.39, 0.29) is 6.10 Å². The highest BCUT2D eigenvalue weighted by Crippen LogP contribution is 2.20. The molecule has 3 rings (SSSR count). The lowest BCUT2D eigenvalue weighted by Gasteiger charge is -2.33. The molecule has 130 valence electrons. The fourth-order valence-electron chi connectivity index (χ4n) is 3.35. The number of benzene rings is 1. The molecule has 2 aromatic rings. The minimum atomic E-state index is -0.385. The largest absolute Gasteiger partial charge is 0.387 e. The smallest absolute Gasteiger partial charge is 0.122 e. The summed E-state index contributed by atoms with van der Waals surface area (Å²) in [5, 5.41) is 13.9. The minimum Gasteiger partial charge on any atom is -0.387 e. The fraction of sp³-hybridized carbons (Fsp3) is 0.526. The van der Waals surface area contributed by atoms with Crippen LogP contribution >= 0.6 is 0 Å². The minimum absolute atomic E-state index is 0.385. The molecule has 1 unspecified atom stereocenters. The summed E-state index contributed by atoms with van der Waals surface area (Å²) in [7, 11) is 2.03. The number of aliphatic hydroxyl groups is 1. The van der Waals surface area contributed by atoms with Crippen molar-refractivity contribution in [1.82, 2.24) is 19.8 Å². The lowest BCUT2D eigenvalue weighted by Crippen LogP contribution is -2.39. The van der Waals surface area contributed by atoms with E-state index in [1.54, 1.807) is 0 Å². The number of β-amino-alcohol motifs (C(OH)–C–C–N with tert-alkyl or cyclic N) is 1. The third-order valence-corrected chi connectivity index (χ3v) is 4.96. The van der Waals surface area contributed by atoms with Crippen LogP contribution in [0.1, 0.15) is 30.3 Å². The van der Waals surface area contributed by atoms with E-state index in [2.05, 4.69) is 19.8 Å². The average Bonchev–Trinajstić information content (AvgIpc) is 3.02. The SMILES string of the molecule is Cn1ccnc1CNCC1CCN(CC(O)c2ccccc2)CC1. The number of likely N-dealkylation sites (tertiary alicyclic amines) is 1. The first-order valence-corrected chi connectivity index (χ1v) is 8.84. The Kier molecular flexibility index (Phi) is 6.01. The Bertz CT molecular complexity index is 605. The molecule has 5 heteroatoms. The van der Waals surface area contributed by atoms with Crippen LogP contribution in [-0.4, -0.2) is 45.7 Å². The van der Waals surface area contributed by atoms with Crippen LogP contribution in [0.2, 0.25) is 0 Å². The van der Waals surface area contributed by atoms with Crippen LogP contribution in [-0.2, 0) is 13.6 Å². The van der Waals surface area contributed by atoms with Crippen LogP contribution in [0.4, 0.5) is 0 Å². The highest BCUT2D eigenvalue weighted by atomic mass is 16.3. The molecule has 24 heavy (non-hydrogen) atoms. The summed E-state index contributed by atoms with van der Waals surface area (Å²) >= 11 is 0. The van der Waals surface area contributed by atoms with Crippen LogP contribution < -0.4 is 5.32 Å². The van der Waals surface area contributed by atoms with Crippen LogP contribution in [0.5, 0.6) is 0 Å². The number of rotatable bonds is 7. The highest BCUT2D eigenvalue weighted by Gasteiger charge is 2.21. The molecule has 2 heterocycles. The molecule has 0 radical (unpaired) electrons. The van der Waals surface area contributed by atoms with E-state index in [1.165, 1.54) is 12.8 Å². The van der Waals surface area contributed by atoms with Gasteiger partial charge in [-0.25, -0.2) is 4.98 Å². The van der Waals surface area contributed by atoms with Crippen molar-refractivity contribution in [2.45, 2.75) is 25.5 Å². The zero-order chi connectivity index (χ0) is 16.8. The van der Waals surface area contributed by atoms with E-state index in [1.807, 2.05) is 49.8 Å². The molecule has 1 aromatic carbocycles. The van der Waals surface area contributed by atoms with Gasteiger partial charge >= 0.3 is 0 Å². The van der Waals surface area contributed by atoms with Crippen LogP contribution in [0.3, 0.4) is 0 Å². The van der Waals surface area contributed by atoms with Crippen molar-refractivity contribution < 1.29 is 5.11 Å². The standard InChI is InChI=1S/C19H28N4O/c1-22-12-9-21-19(22)14-20-13-16-7-10-23(11-8-16)15-18(24)17-5-3-2-4-6-17/h2-6,9,12,16,18,20,24H,7-8,10-11,13-15H2,1H3. The fourth-order valence-corrected chi connectivity index (χ4v) is 3.35. The van der Waals surface area contributed by atoms with Gasteiger partial charge in [-0.3, -0.25) is 0 Å². The number of aryl methyl sites for hydroxylation is 1. The number of imidazole rings is 1. The van der Waals surface area contributed by atoms with Crippen molar-refractivity contribution in [3.63, 3.8) is 0 Å². The van der Waals surface area contributed by atoms with Crippen molar-refractivity contribution in [2.75, 3.05) is 26.2 Å². The highest BCUT2D eigenvalue weighted by molar-refractivity contribution is 5.17. The molecule has 1 fully saturated rings. The van der Waals surface area contributed by atoms with Gasteiger partial charge in [0.25, 0.3) is 0 Å². The molecule has 1 saturated heterocycles. The molecule has 1 aliphatic rings. The molecule has 2 N–H and O–H groups in total. The summed E-state index contributed by atoms with van der Waals surface area (Å²) in [6.45, 7) is 4.74. The maximum Gasteiger partial charge on any atom is 0.122 e. The predicted octanol–water partition coefficient (Wildman–Crippen LogP) is 1.96. The zero-order valence-electron chi connectivity index (χ0n) is 14.4. The monoisotopic (exact) mass is 328 g/mol. The average molecular weight is 328 g/mol. The van der Waals surface area contributed by atoms with Gasteiger partial charge in [0.05, 0.1) is 12.6 Å². The number of piperidine rings is 1. The van der Waals surface area contributed by atoms with E-state index < -0.39 is 0 Å². The van der Waals surface area contributed by atoms with Crippen molar-refractivity contribution in [3.8, 4) is 0 Å². The van der Waals surface area contributed by atoms with Gasteiger partial charge in [-0.2, -0.15) is 0 Å². The maximum atomic E-state index is 10.3. The number of nitrogens with zero attached hydrogens (tertiary/aromatic N) is 3. The molecule has 0 bridgehead atoms. The second-order valence-electron chi connectivity index (χ2n) is 6.76. The number of nitrogens with one attached hydrogen (secondary N) is 1. The van der Waals surface area contributed by atoms with E-state index in [9.17, 15) is 5.11 Å². The topological polar surface area (TPSA) is 53.3 Å². The third kappa shape index (κ3) is 4.66. The summed E-state index contributed by atoms with van der Waals surface area (Å²) in [5.41, 5.74) is 1.01. The van der Waals surface area contributed by atoms with E-state index in [4.69, 9.17) is 0 Å². The lowest BCUT2D eigenvalue weighted by atomic mass is 9.96. The molecular weight excluding hydrogens is 300 g/mol. The van der Waals surface area contributed by atoms with Gasteiger partial charge < -0.3 is 19.9 Å². The number of aromatic nitrogens is 2. The first kappa shape index (κ1) is 17.1. The first-order chi connectivity index (χ1) is 11.7. The van der Waals surface area contributed by atoms with Crippen molar-refractivity contribution in [2.24, 2.45) is 13.0 Å². The van der Waals surface area contributed by atoms with E-state index in [0.717, 1.165) is 50.0 Å². The summed E-state index contributed by atoms with van der Waals surface area (Å²) in [4.78, 5) is 6.72. The number of aliphatic hydroxyl groups excluding tert-OH is 1. The van der Waals surface area contributed by atoms with Gasteiger partial charge in [-0.1, -0.05) is 30.3 Å². The second-order valence-corrected chi connectivity index (χ2v) is 6.76. The second kappa shape index (κ2) is 8.42. The Labute approximate surface area is 144 Å². The first-order valence-electron chi connectivity index (χ1n) is 8.84. The molecule has 0 aliphatic carbocycles. The Balaban J connectivity index is 1.36. The van der Waals surface area contributed by atoms with Crippen molar-refractivity contribution in [1.29, 1.82) is 0 Å². The summed E-state index contributed by atoms with van der Waals surface area (Å²) < 4.78 is 2.06. The molecule has 1 atom stereocenters. The van der Waals surface area contributed by atoms with E-state index in [0.29, 0.717) is 0 Å². The number of hydrogen-bond acceptors (Lipinski definition) is 4. The molecule has 0 spiro atoms. The zero-order valence-corrected chi connectivity index (χ0v) is 14.4. The van der Waals surface area contributed by atoms with Crippen LogP contribution in [0.15, 0.2) is 42.7 Å². The molecule has 1 aromatic heterocycles. The molecule has 1 aliphatic heterocycles. The Morgan fingerprint density at radius 3 is 2.67 bits per heavy atom. The van der Waals surface area contributed by atoms with E-state index >= 15 is 0 Å². The summed E-state index contributed by atoms with van der Waals surface area (Å²) in [5.74, 6) is 1.80.